The summed E-state index contributed by atoms with van der Waals surface area (Å²) in [5, 5.41) is 9.06. The van der Waals surface area contributed by atoms with Crippen LogP contribution in [0.5, 0.6) is 0 Å². The van der Waals surface area contributed by atoms with Gasteiger partial charge >= 0.3 is 0 Å². The van der Waals surface area contributed by atoms with Gasteiger partial charge in [-0.25, -0.2) is 0 Å². The van der Waals surface area contributed by atoms with Gasteiger partial charge in [-0.1, -0.05) is 6.58 Å². The molecule has 9 heavy (non-hydrogen) atoms. The summed E-state index contributed by atoms with van der Waals surface area (Å²) in [6.45, 7) is 6.22. The minimum Gasteiger partial charge on any atom is -0.386 e. The van der Waals surface area contributed by atoms with Crippen molar-refractivity contribution in [2.45, 2.75) is 19.4 Å². The molecule has 0 fully saturated rings. The van der Waals surface area contributed by atoms with Gasteiger partial charge in [-0.2, -0.15) is 0 Å². The van der Waals surface area contributed by atoms with E-state index in [-0.39, 0.29) is 5.57 Å². The van der Waals surface area contributed by atoms with E-state index in [0.717, 1.165) is 0 Å². The second-order valence-corrected chi connectivity index (χ2v) is 2.40. The predicted molar refractivity (Wildman–Crippen MR) is 34.6 cm³/mol. The third-order valence-electron chi connectivity index (χ3n) is 1.04. The molecule has 0 saturated heterocycles. The SMILES string of the molecule is C=C(C(N)=O)C(C)(C)O. The summed E-state index contributed by atoms with van der Waals surface area (Å²) in [5.41, 5.74) is 3.67. The van der Waals surface area contributed by atoms with Crippen molar-refractivity contribution in [2.24, 2.45) is 5.73 Å². The van der Waals surface area contributed by atoms with Crippen LogP contribution in [0.4, 0.5) is 0 Å². The largest absolute Gasteiger partial charge is 0.386 e. The van der Waals surface area contributed by atoms with Crippen LogP contribution in [-0.4, -0.2) is 16.6 Å². The number of nitrogens with two attached hydrogens (primary N) is 1. The molecule has 0 heterocycles. The van der Waals surface area contributed by atoms with Crippen LogP contribution in [0.1, 0.15) is 13.8 Å². The number of rotatable bonds is 2. The Balaban J connectivity index is 4.23. The smallest absolute Gasteiger partial charge is 0.246 e. The normalized spacial score (nSPS) is 11.0. The van der Waals surface area contributed by atoms with Gasteiger partial charge in [0.2, 0.25) is 5.91 Å². The second-order valence-electron chi connectivity index (χ2n) is 2.40. The molecule has 0 bridgehead atoms. The Hall–Kier alpha value is -0.830. The fourth-order valence-electron chi connectivity index (χ4n) is 0.301. The van der Waals surface area contributed by atoms with Crippen LogP contribution in [0.3, 0.4) is 0 Å². The zero-order valence-electron chi connectivity index (χ0n) is 5.64. The first kappa shape index (κ1) is 8.17. The standard InChI is InChI=1S/C6H11NO2/c1-4(5(7)8)6(2,3)9/h9H,1H2,2-3H3,(H2,7,8). The highest BCUT2D eigenvalue weighted by Crippen LogP contribution is 2.11. The molecule has 0 aromatic heterocycles. The highest BCUT2D eigenvalue weighted by molar-refractivity contribution is 5.93. The fraction of sp³-hybridized carbons (Fsp3) is 0.500. The van der Waals surface area contributed by atoms with Gasteiger partial charge in [-0.3, -0.25) is 4.79 Å². The van der Waals surface area contributed by atoms with Gasteiger partial charge in [0.25, 0.3) is 0 Å². The van der Waals surface area contributed by atoms with Crippen molar-refractivity contribution < 1.29 is 9.90 Å². The van der Waals surface area contributed by atoms with Crippen LogP contribution in [-0.2, 0) is 4.79 Å². The predicted octanol–water partition coefficient (Wildman–Crippen LogP) is -0.201. The molecule has 0 aliphatic heterocycles. The van der Waals surface area contributed by atoms with E-state index < -0.39 is 11.5 Å². The molecular formula is C6H11NO2. The molecule has 0 radical (unpaired) electrons. The Morgan fingerprint density at radius 2 is 2.00 bits per heavy atom. The highest BCUT2D eigenvalue weighted by atomic mass is 16.3. The summed E-state index contributed by atoms with van der Waals surface area (Å²) < 4.78 is 0. The molecule has 3 heteroatoms. The summed E-state index contributed by atoms with van der Waals surface area (Å²) in [6.07, 6.45) is 0. The van der Waals surface area contributed by atoms with E-state index in [2.05, 4.69) is 6.58 Å². The Morgan fingerprint density at radius 3 is 2.00 bits per heavy atom. The van der Waals surface area contributed by atoms with Gasteiger partial charge in [0.1, 0.15) is 0 Å². The molecule has 0 atom stereocenters. The molecule has 3 N–H and O–H groups in total. The maximum Gasteiger partial charge on any atom is 0.246 e. The van der Waals surface area contributed by atoms with Gasteiger partial charge in [0.15, 0.2) is 0 Å². The monoisotopic (exact) mass is 129 g/mol. The van der Waals surface area contributed by atoms with Gasteiger partial charge < -0.3 is 10.8 Å². The maximum atomic E-state index is 10.3. The average Bonchev–Trinajstić information content (AvgIpc) is 1.62. The summed E-state index contributed by atoms with van der Waals surface area (Å²) in [4.78, 5) is 10.3. The number of hydrogen-bond acceptors (Lipinski definition) is 2. The van der Waals surface area contributed by atoms with E-state index in [4.69, 9.17) is 10.8 Å². The number of hydrogen-bond donors (Lipinski definition) is 2. The minimum absolute atomic E-state index is 0.0301. The van der Waals surface area contributed by atoms with Crippen molar-refractivity contribution in [3.63, 3.8) is 0 Å². The maximum absolute atomic E-state index is 10.3. The molecule has 0 unspecified atom stereocenters. The lowest BCUT2D eigenvalue weighted by Crippen LogP contribution is -2.30. The van der Waals surface area contributed by atoms with Crippen molar-refractivity contribution in [3.8, 4) is 0 Å². The molecular weight excluding hydrogens is 118 g/mol. The van der Waals surface area contributed by atoms with E-state index in [9.17, 15) is 4.79 Å². The Bertz CT molecular complexity index is 144. The van der Waals surface area contributed by atoms with Crippen LogP contribution < -0.4 is 5.73 Å². The minimum atomic E-state index is -1.19. The Labute approximate surface area is 54.2 Å². The summed E-state index contributed by atoms with van der Waals surface area (Å²) in [5.74, 6) is -0.664. The molecule has 52 valence electrons. The van der Waals surface area contributed by atoms with Gasteiger partial charge in [-0.05, 0) is 13.8 Å². The van der Waals surface area contributed by atoms with E-state index in [1.165, 1.54) is 13.8 Å². The van der Waals surface area contributed by atoms with Crippen molar-refractivity contribution in [2.75, 3.05) is 0 Å². The molecule has 1 amide bonds. The second kappa shape index (κ2) is 2.19. The average molecular weight is 129 g/mol. The fourth-order valence-corrected chi connectivity index (χ4v) is 0.301. The number of carbonyl (C=O) groups is 1. The first-order valence-corrected chi connectivity index (χ1v) is 2.57. The van der Waals surface area contributed by atoms with Gasteiger partial charge in [0.05, 0.1) is 5.60 Å². The zero-order valence-corrected chi connectivity index (χ0v) is 5.64. The van der Waals surface area contributed by atoms with E-state index in [0.29, 0.717) is 0 Å². The molecule has 0 saturated carbocycles. The summed E-state index contributed by atoms with van der Waals surface area (Å²) >= 11 is 0. The number of primary amides is 1. The van der Waals surface area contributed by atoms with Crippen LogP contribution in [0.15, 0.2) is 12.2 Å². The lowest BCUT2D eigenvalue weighted by Gasteiger charge is -2.16. The van der Waals surface area contributed by atoms with Crippen molar-refractivity contribution in [3.05, 3.63) is 12.2 Å². The highest BCUT2D eigenvalue weighted by Gasteiger charge is 2.20. The lowest BCUT2D eigenvalue weighted by atomic mass is 10.00. The molecule has 0 spiro atoms. The van der Waals surface area contributed by atoms with Crippen LogP contribution in [0, 0.1) is 0 Å². The number of aliphatic hydroxyl groups is 1. The molecule has 0 rings (SSSR count). The molecule has 0 aliphatic carbocycles. The van der Waals surface area contributed by atoms with E-state index in [1.54, 1.807) is 0 Å². The molecule has 0 aromatic carbocycles. The molecule has 0 aliphatic rings. The first-order chi connectivity index (χ1) is 3.85. The van der Waals surface area contributed by atoms with Crippen molar-refractivity contribution in [1.29, 1.82) is 0 Å². The summed E-state index contributed by atoms with van der Waals surface area (Å²) in [6, 6.07) is 0. The van der Waals surface area contributed by atoms with Crippen LogP contribution in [0.25, 0.3) is 0 Å². The quantitative estimate of drug-likeness (QED) is 0.507. The van der Waals surface area contributed by atoms with Gasteiger partial charge in [-0.15, -0.1) is 0 Å². The Kier molecular flexibility index (Phi) is 1.99. The topological polar surface area (TPSA) is 63.3 Å². The zero-order chi connectivity index (χ0) is 7.65. The molecule has 3 nitrogen and oxygen atoms in total. The molecule has 0 aromatic rings. The van der Waals surface area contributed by atoms with Crippen LogP contribution >= 0.6 is 0 Å². The van der Waals surface area contributed by atoms with Crippen molar-refractivity contribution >= 4 is 5.91 Å². The van der Waals surface area contributed by atoms with E-state index in [1.807, 2.05) is 0 Å². The number of amides is 1. The third kappa shape index (κ3) is 2.28. The lowest BCUT2D eigenvalue weighted by molar-refractivity contribution is -0.116. The number of carbonyl (C=O) groups excluding carboxylic acids is 1. The van der Waals surface area contributed by atoms with Gasteiger partial charge in [0, 0.05) is 5.57 Å². The van der Waals surface area contributed by atoms with E-state index >= 15 is 0 Å². The van der Waals surface area contributed by atoms with Crippen molar-refractivity contribution in [1.82, 2.24) is 0 Å². The summed E-state index contributed by atoms with van der Waals surface area (Å²) in [7, 11) is 0. The first-order valence-electron chi connectivity index (χ1n) is 2.57. The Morgan fingerprint density at radius 1 is 1.67 bits per heavy atom. The third-order valence-corrected chi connectivity index (χ3v) is 1.04. The van der Waals surface area contributed by atoms with Crippen LogP contribution in [0.2, 0.25) is 0 Å².